The molecule has 0 atom stereocenters. The van der Waals surface area contributed by atoms with Crippen molar-refractivity contribution in [2.75, 3.05) is 17.3 Å². The third-order valence-corrected chi connectivity index (χ3v) is 6.24. The van der Waals surface area contributed by atoms with Crippen LogP contribution in [0.4, 0.5) is 11.4 Å². The van der Waals surface area contributed by atoms with Crippen molar-refractivity contribution in [2.45, 2.75) is 12.8 Å². The molecule has 0 aliphatic heterocycles. The van der Waals surface area contributed by atoms with Crippen LogP contribution < -0.4 is 15.0 Å². The molecule has 1 aromatic heterocycles. The van der Waals surface area contributed by atoms with E-state index in [1.165, 1.54) is 12.0 Å². The van der Waals surface area contributed by atoms with Crippen LogP contribution in [-0.4, -0.2) is 24.8 Å². The van der Waals surface area contributed by atoms with Gasteiger partial charge in [0.05, 0.1) is 31.3 Å². The number of rotatable bonds is 8. The third kappa shape index (κ3) is 5.88. The highest BCUT2D eigenvalue weighted by molar-refractivity contribution is 6.16. The van der Waals surface area contributed by atoms with Crippen molar-refractivity contribution in [1.82, 2.24) is 0 Å². The van der Waals surface area contributed by atoms with Gasteiger partial charge in [-0.1, -0.05) is 78.9 Å². The van der Waals surface area contributed by atoms with E-state index in [4.69, 9.17) is 9.15 Å². The number of nitrogens with one attached hydrogen (secondary N) is 1. The average Bonchev–Trinajstić information content (AvgIpc) is 3.40. The van der Waals surface area contributed by atoms with Crippen LogP contribution in [0.2, 0.25) is 0 Å². The van der Waals surface area contributed by atoms with Crippen molar-refractivity contribution in [3.63, 3.8) is 0 Å². The smallest absolute Gasteiger partial charge is 0.291 e. The molecule has 0 bridgehead atoms. The maximum atomic E-state index is 13.5. The largest absolute Gasteiger partial charge is 0.494 e. The first kappa shape index (κ1) is 25.5. The second-order valence-corrected chi connectivity index (χ2v) is 8.93. The highest BCUT2D eigenvalue weighted by Gasteiger charge is 2.25. The Bertz CT molecular complexity index is 1540. The van der Waals surface area contributed by atoms with Crippen molar-refractivity contribution in [3.05, 3.63) is 126 Å². The molecule has 7 nitrogen and oxygen atoms in total. The average molecular weight is 519 g/mol. The molecule has 4 aromatic carbocycles. The van der Waals surface area contributed by atoms with Crippen molar-refractivity contribution in [1.29, 1.82) is 0 Å². The van der Waals surface area contributed by atoms with Crippen LogP contribution in [-0.2, 0) is 22.4 Å². The molecule has 0 fully saturated rings. The Labute approximate surface area is 225 Å². The van der Waals surface area contributed by atoms with Crippen LogP contribution in [0.3, 0.4) is 0 Å². The van der Waals surface area contributed by atoms with Crippen LogP contribution in [0.15, 0.2) is 114 Å². The summed E-state index contributed by atoms with van der Waals surface area (Å²) >= 11 is 0. The van der Waals surface area contributed by atoms with Crippen molar-refractivity contribution in [3.8, 4) is 5.75 Å². The zero-order valence-electron chi connectivity index (χ0n) is 21.3. The Hall–Kier alpha value is -5.17. The molecule has 0 radical (unpaired) electrons. The zero-order chi connectivity index (χ0) is 27.2. The number of carbonyl (C=O) groups is 3. The Morgan fingerprint density at radius 3 is 1.92 bits per heavy atom. The van der Waals surface area contributed by atoms with Crippen LogP contribution in [0, 0.1) is 0 Å². The fourth-order valence-electron chi connectivity index (χ4n) is 4.33. The molecule has 1 heterocycles. The first-order valence-electron chi connectivity index (χ1n) is 12.4. The lowest BCUT2D eigenvalue weighted by atomic mass is 10.1. The molecule has 0 unspecified atom stereocenters. The van der Waals surface area contributed by atoms with Gasteiger partial charge in [-0.15, -0.1) is 0 Å². The lowest BCUT2D eigenvalue weighted by Gasteiger charge is -2.23. The minimum atomic E-state index is -0.450. The Morgan fingerprint density at radius 1 is 0.744 bits per heavy atom. The second-order valence-electron chi connectivity index (χ2n) is 8.93. The van der Waals surface area contributed by atoms with E-state index in [0.717, 1.165) is 16.5 Å². The molecule has 5 rings (SSSR count). The zero-order valence-corrected chi connectivity index (χ0v) is 21.3. The third-order valence-electron chi connectivity index (χ3n) is 6.24. The van der Waals surface area contributed by atoms with Gasteiger partial charge in [-0.3, -0.25) is 14.4 Å². The summed E-state index contributed by atoms with van der Waals surface area (Å²) in [6.45, 7) is 0. The van der Waals surface area contributed by atoms with Crippen molar-refractivity contribution in [2.24, 2.45) is 0 Å². The highest BCUT2D eigenvalue weighted by Crippen LogP contribution is 2.31. The minimum Gasteiger partial charge on any atom is -0.494 e. The summed E-state index contributed by atoms with van der Waals surface area (Å²) in [5, 5.41) is 3.61. The van der Waals surface area contributed by atoms with Crippen LogP contribution in [0.5, 0.6) is 5.75 Å². The van der Waals surface area contributed by atoms with Crippen LogP contribution >= 0.6 is 0 Å². The minimum absolute atomic E-state index is 0.0498. The summed E-state index contributed by atoms with van der Waals surface area (Å²) in [4.78, 5) is 41.0. The molecule has 0 aliphatic carbocycles. The number of para-hydroxylation sites is 1. The molecule has 5 aromatic rings. The molecular formula is C32H26N2O5. The summed E-state index contributed by atoms with van der Waals surface area (Å²) in [6.07, 6.45) is 0.0997. The van der Waals surface area contributed by atoms with Crippen LogP contribution in [0.1, 0.15) is 21.7 Å². The second kappa shape index (κ2) is 11.5. The van der Waals surface area contributed by atoms with Gasteiger partial charge in [0, 0.05) is 11.5 Å². The summed E-state index contributed by atoms with van der Waals surface area (Å²) in [6, 6.07) is 32.3. The quantitative estimate of drug-likeness (QED) is 0.271. The predicted molar refractivity (Wildman–Crippen MR) is 150 cm³/mol. The normalized spacial score (nSPS) is 10.7. The van der Waals surface area contributed by atoms with Gasteiger partial charge in [0.2, 0.25) is 11.8 Å². The Morgan fingerprint density at radius 2 is 1.33 bits per heavy atom. The molecule has 1 N–H and O–H groups in total. The van der Waals surface area contributed by atoms with E-state index >= 15 is 0 Å². The highest BCUT2D eigenvalue weighted by atomic mass is 16.5. The number of carbonyl (C=O) groups excluding carboxylic acids is 3. The molecule has 194 valence electrons. The Kier molecular flexibility index (Phi) is 7.50. The molecule has 0 saturated carbocycles. The van der Waals surface area contributed by atoms with Crippen molar-refractivity contribution >= 4 is 40.1 Å². The van der Waals surface area contributed by atoms with E-state index in [1.54, 1.807) is 30.3 Å². The lowest BCUT2D eigenvalue weighted by Crippen LogP contribution is -2.39. The first-order chi connectivity index (χ1) is 19.0. The SMILES string of the molecule is COc1cc(N(C(=O)Cc2ccccc2)C(=O)Cc2ccccc2)ccc1NC(=O)c1cc2ccccc2o1. The number of imide groups is 1. The van der Waals surface area contributed by atoms with E-state index in [0.29, 0.717) is 22.7 Å². The molecule has 39 heavy (non-hydrogen) atoms. The van der Waals surface area contributed by atoms with Gasteiger partial charge in [-0.25, -0.2) is 4.90 Å². The number of hydrogen-bond acceptors (Lipinski definition) is 5. The van der Waals surface area contributed by atoms with Gasteiger partial charge < -0.3 is 14.5 Å². The predicted octanol–water partition coefficient (Wildman–Crippen LogP) is 6.04. The molecule has 0 saturated heterocycles. The summed E-state index contributed by atoms with van der Waals surface area (Å²) in [5.74, 6) is -0.747. The van der Waals surface area contributed by atoms with E-state index in [-0.39, 0.29) is 30.4 Å². The molecule has 7 heteroatoms. The van der Waals surface area contributed by atoms with E-state index in [9.17, 15) is 14.4 Å². The van der Waals surface area contributed by atoms with E-state index in [1.807, 2.05) is 78.9 Å². The van der Waals surface area contributed by atoms with Gasteiger partial charge in [0.15, 0.2) is 5.76 Å². The Balaban J connectivity index is 1.43. The summed E-state index contributed by atoms with van der Waals surface area (Å²) in [7, 11) is 1.46. The molecule has 0 spiro atoms. The van der Waals surface area contributed by atoms with Gasteiger partial charge in [-0.2, -0.15) is 0 Å². The number of amides is 3. The summed E-state index contributed by atoms with van der Waals surface area (Å²) < 4.78 is 11.2. The maximum absolute atomic E-state index is 13.5. The van der Waals surface area contributed by atoms with Crippen LogP contribution in [0.25, 0.3) is 11.0 Å². The number of fused-ring (bicyclic) bond motifs is 1. The number of benzene rings is 4. The number of anilines is 2. The topological polar surface area (TPSA) is 88.9 Å². The van der Waals surface area contributed by atoms with E-state index in [2.05, 4.69) is 5.32 Å². The van der Waals surface area contributed by atoms with Gasteiger partial charge in [-0.05, 0) is 35.4 Å². The first-order valence-corrected chi connectivity index (χ1v) is 12.4. The standard InChI is InChI=1S/C32H26N2O5/c1-38-28-21-25(16-17-26(28)33-32(37)29-20-24-14-8-9-15-27(24)39-29)34(30(35)18-22-10-4-2-5-11-22)31(36)19-23-12-6-3-7-13-23/h2-17,20-21H,18-19H2,1H3,(H,33,37). The fraction of sp³-hybridized carbons (Fsp3) is 0.0938. The monoisotopic (exact) mass is 518 g/mol. The number of hydrogen-bond donors (Lipinski definition) is 1. The lowest BCUT2D eigenvalue weighted by molar-refractivity contribution is -0.125. The summed E-state index contributed by atoms with van der Waals surface area (Å²) in [5.41, 5.74) is 2.91. The number of furan rings is 1. The molecule has 0 aliphatic rings. The number of methoxy groups -OCH3 is 1. The number of ether oxygens (including phenoxy) is 1. The van der Waals surface area contributed by atoms with Gasteiger partial charge >= 0.3 is 0 Å². The van der Waals surface area contributed by atoms with Gasteiger partial charge in [0.25, 0.3) is 5.91 Å². The maximum Gasteiger partial charge on any atom is 0.291 e. The van der Waals surface area contributed by atoms with Gasteiger partial charge in [0.1, 0.15) is 11.3 Å². The van der Waals surface area contributed by atoms with E-state index < -0.39 is 5.91 Å². The number of nitrogens with zero attached hydrogens (tertiary/aromatic N) is 1. The molecular weight excluding hydrogens is 492 g/mol. The molecule has 3 amide bonds. The van der Waals surface area contributed by atoms with Crippen molar-refractivity contribution < 1.29 is 23.5 Å². The fourth-order valence-corrected chi connectivity index (χ4v) is 4.33.